The number of ether oxygens (including phenoxy) is 1. The van der Waals surface area contributed by atoms with Crippen LogP contribution in [-0.2, 0) is 20.7 Å². The summed E-state index contributed by atoms with van der Waals surface area (Å²) in [6.07, 6.45) is 0.262. The molecule has 0 radical (unpaired) electrons. The van der Waals surface area contributed by atoms with Crippen molar-refractivity contribution < 1.29 is 14.3 Å². The summed E-state index contributed by atoms with van der Waals surface area (Å²) in [5.41, 5.74) is 0.707. The van der Waals surface area contributed by atoms with Crippen LogP contribution in [0.4, 0.5) is 0 Å². The zero-order valence-corrected chi connectivity index (χ0v) is 11.9. The Kier molecular flexibility index (Phi) is 4.90. The number of carbonyl (C=O) groups is 2. The lowest BCUT2D eigenvalue weighted by Crippen LogP contribution is -2.35. The van der Waals surface area contributed by atoms with Gasteiger partial charge in [-0.25, -0.2) is 4.79 Å². The molecule has 104 valence electrons. The van der Waals surface area contributed by atoms with E-state index in [1.54, 1.807) is 12.1 Å². The van der Waals surface area contributed by atoms with Crippen molar-refractivity contribution in [1.29, 1.82) is 0 Å². The average molecular weight is 289 g/mol. The molecule has 0 saturated carbocycles. The fourth-order valence-corrected chi connectivity index (χ4v) is 2.53. The molecule has 5 heteroatoms. The molecular formula is C15H15NO3S. The Hall–Kier alpha value is -2.14. The second kappa shape index (κ2) is 6.86. The Morgan fingerprint density at radius 3 is 2.55 bits per heavy atom. The molecule has 1 aromatic carbocycles. The highest BCUT2D eigenvalue weighted by Crippen LogP contribution is 2.15. The molecule has 0 aliphatic carbocycles. The molecule has 2 aromatic rings. The normalized spacial score (nSPS) is 11.7. The van der Waals surface area contributed by atoms with Gasteiger partial charge in [-0.05, 0) is 17.0 Å². The number of methoxy groups -OCH3 is 1. The number of thiophene rings is 1. The molecule has 0 aliphatic heterocycles. The van der Waals surface area contributed by atoms with E-state index in [0.29, 0.717) is 5.56 Å². The summed E-state index contributed by atoms with van der Waals surface area (Å²) in [7, 11) is 1.31. The van der Waals surface area contributed by atoms with E-state index in [1.807, 2.05) is 35.7 Å². The first kappa shape index (κ1) is 14.3. The molecule has 0 bridgehead atoms. The monoisotopic (exact) mass is 289 g/mol. The molecule has 1 heterocycles. The van der Waals surface area contributed by atoms with Crippen molar-refractivity contribution in [3.05, 3.63) is 58.3 Å². The predicted octanol–water partition coefficient (Wildman–Crippen LogP) is 2.32. The first-order chi connectivity index (χ1) is 9.70. The lowest BCUT2D eigenvalue weighted by molar-refractivity contribution is -0.145. The van der Waals surface area contributed by atoms with E-state index in [9.17, 15) is 9.59 Å². The van der Waals surface area contributed by atoms with Crippen molar-refractivity contribution in [2.24, 2.45) is 0 Å². The smallest absolute Gasteiger partial charge is 0.333 e. The lowest BCUT2D eigenvalue weighted by atomic mass is 10.1. The molecule has 0 spiro atoms. The number of amides is 1. The molecule has 1 aromatic heterocycles. The standard InChI is InChI=1S/C15H15NO3S/c1-19-15(18)14(11-6-3-2-4-7-11)16-13(17)10-12-8-5-9-20-12/h2-9,14H,10H2,1H3,(H,16,17). The number of benzene rings is 1. The second-order valence-electron chi connectivity index (χ2n) is 4.19. The van der Waals surface area contributed by atoms with Crippen LogP contribution in [0.5, 0.6) is 0 Å². The van der Waals surface area contributed by atoms with Gasteiger partial charge in [0.1, 0.15) is 0 Å². The van der Waals surface area contributed by atoms with E-state index in [2.05, 4.69) is 5.32 Å². The summed E-state index contributed by atoms with van der Waals surface area (Å²) in [6, 6.07) is 12.1. The molecule has 1 atom stereocenters. The summed E-state index contributed by atoms with van der Waals surface area (Å²) >= 11 is 1.51. The second-order valence-corrected chi connectivity index (χ2v) is 5.22. The molecule has 0 fully saturated rings. The third-order valence-corrected chi connectivity index (χ3v) is 3.67. The maximum Gasteiger partial charge on any atom is 0.333 e. The van der Waals surface area contributed by atoms with Gasteiger partial charge in [-0.1, -0.05) is 36.4 Å². The van der Waals surface area contributed by atoms with Gasteiger partial charge in [-0.15, -0.1) is 11.3 Å². The third kappa shape index (κ3) is 3.68. The average Bonchev–Trinajstić information content (AvgIpc) is 2.97. The first-order valence-electron chi connectivity index (χ1n) is 6.15. The van der Waals surface area contributed by atoms with Crippen LogP contribution in [0, 0.1) is 0 Å². The Bertz CT molecular complexity index is 566. The van der Waals surface area contributed by atoms with Gasteiger partial charge in [0, 0.05) is 4.88 Å². The Balaban J connectivity index is 2.08. The van der Waals surface area contributed by atoms with Crippen LogP contribution < -0.4 is 5.32 Å². The zero-order chi connectivity index (χ0) is 14.4. The number of rotatable bonds is 5. The van der Waals surface area contributed by atoms with Gasteiger partial charge in [0.25, 0.3) is 0 Å². The lowest BCUT2D eigenvalue weighted by Gasteiger charge is -2.16. The van der Waals surface area contributed by atoms with Crippen LogP contribution in [0.1, 0.15) is 16.5 Å². The number of carbonyl (C=O) groups excluding carboxylic acids is 2. The number of hydrogen-bond acceptors (Lipinski definition) is 4. The summed E-state index contributed by atoms with van der Waals surface area (Å²) in [5, 5.41) is 4.63. The minimum absolute atomic E-state index is 0.202. The van der Waals surface area contributed by atoms with E-state index in [4.69, 9.17) is 4.74 Å². The summed E-state index contributed by atoms with van der Waals surface area (Å²) in [4.78, 5) is 24.8. The van der Waals surface area contributed by atoms with E-state index < -0.39 is 12.0 Å². The number of hydrogen-bond donors (Lipinski definition) is 1. The van der Waals surface area contributed by atoms with E-state index in [-0.39, 0.29) is 12.3 Å². The molecule has 4 nitrogen and oxygen atoms in total. The van der Waals surface area contributed by atoms with E-state index in [0.717, 1.165) is 4.88 Å². The molecule has 1 amide bonds. The highest BCUT2D eigenvalue weighted by atomic mass is 32.1. The van der Waals surface area contributed by atoms with Crippen molar-refractivity contribution in [3.8, 4) is 0 Å². The van der Waals surface area contributed by atoms with Crippen molar-refractivity contribution in [1.82, 2.24) is 5.32 Å². The van der Waals surface area contributed by atoms with Gasteiger partial charge in [-0.2, -0.15) is 0 Å². The van der Waals surface area contributed by atoms with Crippen molar-refractivity contribution in [2.75, 3.05) is 7.11 Å². The van der Waals surface area contributed by atoms with Gasteiger partial charge < -0.3 is 10.1 Å². The van der Waals surface area contributed by atoms with Crippen LogP contribution in [0.15, 0.2) is 47.8 Å². The predicted molar refractivity (Wildman–Crippen MR) is 77.4 cm³/mol. The summed E-state index contributed by atoms with van der Waals surface area (Å²) in [5.74, 6) is -0.678. The van der Waals surface area contributed by atoms with E-state index >= 15 is 0 Å². The van der Waals surface area contributed by atoms with Gasteiger partial charge >= 0.3 is 5.97 Å². The summed E-state index contributed by atoms with van der Waals surface area (Å²) < 4.78 is 4.75. The highest BCUT2D eigenvalue weighted by Gasteiger charge is 2.23. The van der Waals surface area contributed by atoms with Gasteiger partial charge in [-0.3, -0.25) is 4.79 Å². The maximum absolute atomic E-state index is 12.0. The van der Waals surface area contributed by atoms with E-state index in [1.165, 1.54) is 18.4 Å². The molecule has 20 heavy (non-hydrogen) atoms. The van der Waals surface area contributed by atoms with Crippen LogP contribution in [0.3, 0.4) is 0 Å². The van der Waals surface area contributed by atoms with Gasteiger partial charge in [0.2, 0.25) is 5.91 Å². The molecule has 0 aliphatic rings. The minimum Gasteiger partial charge on any atom is -0.467 e. The molecule has 2 rings (SSSR count). The van der Waals surface area contributed by atoms with Crippen molar-refractivity contribution in [2.45, 2.75) is 12.5 Å². The van der Waals surface area contributed by atoms with Crippen LogP contribution >= 0.6 is 11.3 Å². The quantitative estimate of drug-likeness (QED) is 0.859. The Labute approximate surface area is 121 Å². The maximum atomic E-state index is 12.0. The highest BCUT2D eigenvalue weighted by molar-refractivity contribution is 7.10. The Morgan fingerprint density at radius 2 is 1.95 bits per heavy atom. The fraction of sp³-hybridized carbons (Fsp3) is 0.200. The zero-order valence-electron chi connectivity index (χ0n) is 11.0. The number of nitrogens with one attached hydrogen (secondary N) is 1. The van der Waals surface area contributed by atoms with Crippen LogP contribution in [0.25, 0.3) is 0 Å². The first-order valence-corrected chi connectivity index (χ1v) is 7.03. The van der Waals surface area contributed by atoms with Crippen molar-refractivity contribution >= 4 is 23.2 Å². The molecule has 0 saturated heterocycles. The van der Waals surface area contributed by atoms with Gasteiger partial charge in [0.05, 0.1) is 13.5 Å². The minimum atomic E-state index is -0.770. The van der Waals surface area contributed by atoms with Crippen molar-refractivity contribution in [3.63, 3.8) is 0 Å². The number of esters is 1. The third-order valence-electron chi connectivity index (χ3n) is 2.79. The topological polar surface area (TPSA) is 55.4 Å². The largest absolute Gasteiger partial charge is 0.467 e. The fourth-order valence-electron chi connectivity index (χ4n) is 1.83. The molecule has 1 unspecified atom stereocenters. The van der Waals surface area contributed by atoms with Gasteiger partial charge in [0.15, 0.2) is 6.04 Å². The van der Waals surface area contributed by atoms with Crippen LogP contribution in [-0.4, -0.2) is 19.0 Å². The molecule has 1 N–H and O–H groups in total. The summed E-state index contributed by atoms with van der Waals surface area (Å²) in [6.45, 7) is 0. The SMILES string of the molecule is COC(=O)C(NC(=O)Cc1cccs1)c1ccccc1. The Morgan fingerprint density at radius 1 is 1.20 bits per heavy atom. The van der Waals surface area contributed by atoms with Crippen LogP contribution in [0.2, 0.25) is 0 Å². The molecular weight excluding hydrogens is 274 g/mol.